The minimum Gasteiger partial charge on any atom is -0.508 e. The van der Waals surface area contributed by atoms with Crippen molar-refractivity contribution in [3.63, 3.8) is 0 Å². The van der Waals surface area contributed by atoms with Gasteiger partial charge in [0.1, 0.15) is 28.6 Å². The van der Waals surface area contributed by atoms with E-state index in [1.807, 2.05) is 0 Å². The number of benzene rings is 2. The number of nitrogens with zero attached hydrogens (tertiary/aromatic N) is 1. The third kappa shape index (κ3) is 1.93. The molecule has 0 spiro atoms. The highest BCUT2D eigenvalue weighted by Crippen LogP contribution is 2.46. The van der Waals surface area contributed by atoms with Crippen molar-refractivity contribution < 1.29 is 24.5 Å². The van der Waals surface area contributed by atoms with Crippen LogP contribution in [0.5, 0.6) is 23.0 Å². The number of nitroso groups, excluding NO2 is 1. The summed E-state index contributed by atoms with van der Waals surface area (Å²) in [5, 5.41) is 23.7. The number of methoxy groups -OCH3 is 1. The van der Waals surface area contributed by atoms with Gasteiger partial charge in [-0.1, -0.05) is 0 Å². The Labute approximate surface area is 125 Å². The van der Waals surface area contributed by atoms with Gasteiger partial charge in [0.05, 0.1) is 18.9 Å². The van der Waals surface area contributed by atoms with Crippen LogP contribution in [0.1, 0.15) is 23.7 Å². The molecular formula is C15H13NO6. The number of hydrogen-bond acceptors (Lipinski definition) is 7. The molecule has 0 aromatic heterocycles. The Hall–Kier alpha value is -2.83. The molecule has 1 heterocycles. The molecule has 0 bridgehead atoms. The van der Waals surface area contributed by atoms with Gasteiger partial charge < -0.3 is 19.7 Å². The Balaban J connectivity index is 2.35. The number of ether oxygens (including phenoxy) is 2. The van der Waals surface area contributed by atoms with Gasteiger partial charge in [0.15, 0.2) is 5.78 Å². The lowest BCUT2D eigenvalue weighted by molar-refractivity contribution is 0.0559. The van der Waals surface area contributed by atoms with Gasteiger partial charge >= 0.3 is 0 Å². The standard InChI is InChI=1S/C15H13NO6/c1-15(16-20)6-9(18)13-11(22-15)4-7-3-8(17)5-10(21-2)12(7)14(13)19/h3-5,17,19H,6H2,1-2H3. The molecule has 1 atom stereocenters. The van der Waals surface area contributed by atoms with E-state index in [4.69, 9.17) is 9.47 Å². The maximum Gasteiger partial charge on any atom is 0.243 e. The van der Waals surface area contributed by atoms with Crippen LogP contribution in [0.25, 0.3) is 10.8 Å². The number of phenolic OH excluding ortho intramolecular Hbond substituents is 2. The molecular weight excluding hydrogens is 290 g/mol. The van der Waals surface area contributed by atoms with E-state index in [1.165, 1.54) is 32.2 Å². The first kappa shape index (κ1) is 14.1. The zero-order valence-corrected chi connectivity index (χ0v) is 11.9. The van der Waals surface area contributed by atoms with Crippen LogP contribution in [0.2, 0.25) is 0 Å². The van der Waals surface area contributed by atoms with Crippen molar-refractivity contribution in [2.75, 3.05) is 7.11 Å². The van der Waals surface area contributed by atoms with Gasteiger partial charge in [0.25, 0.3) is 0 Å². The summed E-state index contributed by atoms with van der Waals surface area (Å²) in [6, 6.07) is 4.19. The van der Waals surface area contributed by atoms with E-state index in [0.717, 1.165) is 0 Å². The predicted octanol–water partition coefficient (Wildman–Crippen LogP) is 2.71. The topological polar surface area (TPSA) is 105 Å². The van der Waals surface area contributed by atoms with Crippen molar-refractivity contribution in [1.82, 2.24) is 0 Å². The molecule has 2 aromatic carbocycles. The molecule has 7 nitrogen and oxygen atoms in total. The van der Waals surface area contributed by atoms with Crippen LogP contribution >= 0.6 is 0 Å². The Morgan fingerprint density at radius 1 is 1.32 bits per heavy atom. The monoisotopic (exact) mass is 303 g/mol. The summed E-state index contributed by atoms with van der Waals surface area (Å²) in [7, 11) is 1.39. The lowest BCUT2D eigenvalue weighted by atomic mass is 9.93. The number of carbonyl (C=O) groups excluding carboxylic acids is 1. The Morgan fingerprint density at radius 2 is 2.05 bits per heavy atom. The molecule has 1 unspecified atom stereocenters. The van der Waals surface area contributed by atoms with Gasteiger partial charge in [0, 0.05) is 13.0 Å². The van der Waals surface area contributed by atoms with Crippen LogP contribution in [0.4, 0.5) is 0 Å². The number of carbonyl (C=O) groups is 1. The largest absolute Gasteiger partial charge is 0.508 e. The van der Waals surface area contributed by atoms with Crippen molar-refractivity contribution in [2.45, 2.75) is 19.1 Å². The molecule has 0 fully saturated rings. The number of aromatic hydroxyl groups is 2. The SMILES string of the molecule is COc1cc(O)cc2cc3c(c(O)c12)C(=O)CC(C)(N=O)O3. The highest BCUT2D eigenvalue weighted by atomic mass is 16.5. The van der Waals surface area contributed by atoms with E-state index < -0.39 is 11.5 Å². The molecule has 0 radical (unpaired) electrons. The van der Waals surface area contributed by atoms with Gasteiger partial charge in [-0.15, -0.1) is 4.91 Å². The third-order valence-electron chi connectivity index (χ3n) is 3.63. The average molecular weight is 303 g/mol. The molecule has 114 valence electrons. The Kier molecular flexibility index (Phi) is 2.94. The molecule has 0 saturated carbocycles. The fourth-order valence-electron chi connectivity index (χ4n) is 2.67. The second kappa shape index (κ2) is 4.59. The lowest BCUT2D eigenvalue weighted by Crippen LogP contribution is -2.36. The third-order valence-corrected chi connectivity index (χ3v) is 3.63. The minimum atomic E-state index is -1.51. The van der Waals surface area contributed by atoms with Gasteiger partial charge in [-0.25, -0.2) is 0 Å². The quantitative estimate of drug-likeness (QED) is 0.826. The smallest absolute Gasteiger partial charge is 0.243 e. The molecule has 3 rings (SSSR count). The second-order valence-corrected chi connectivity index (χ2v) is 5.31. The van der Waals surface area contributed by atoms with Gasteiger partial charge in [0.2, 0.25) is 5.72 Å². The Bertz CT molecular complexity index is 816. The van der Waals surface area contributed by atoms with E-state index in [2.05, 4.69) is 5.18 Å². The van der Waals surface area contributed by atoms with Crippen molar-refractivity contribution in [3.8, 4) is 23.0 Å². The highest BCUT2D eigenvalue weighted by Gasteiger charge is 2.40. The number of rotatable bonds is 2. The maximum absolute atomic E-state index is 12.3. The van der Waals surface area contributed by atoms with Gasteiger partial charge in [-0.3, -0.25) is 4.79 Å². The van der Waals surface area contributed by atoms with E-state index in [1.54, 1.807) is 0 Å². The predicted molar refractivity (Wildman–Crippen MR) is 77.6 cm³/mol. The average Bonchev–Trinajstić information content (AvgIpc) is 2.45. The molecule has 22 heavy (non-hydrogen) atoms. The molecule has 1 aliphatic heterocycles. The first-order valence-corrected chi connectivity index (χ1v) is 6.52. The summed E-state index contributed by atoms with van der Waals surface area (Å²) in [5.41, 5.74) is -1.52. The number of ketones is 1. The summed E-state index contributed by atoms with van der Waals surface area (Å²) in [6.45, 7) is 1.39. The summed E-state index contributed by atoms with van der Waals surface area (Å²) in [5.74, 6) is -0.539. The number of hydrogen-bond donors (Lipinski definition) is 2. The summed E-state index contributed by atoms with van der Waals surface area (Å²) in [4.78, 5) is 23.2. The summed E-state index contributed by atoms with van der Waals surface area (Å²) in [6.07, 6.45) is -0.261. The molecule has 0 amide bonds. The lowest BCUT2D eigenvalue weighted by Gasteiger charge is -2.29. The zero-order valence-electron chi connectivity index (χ0n) is 11.9. The molecule has 1 aliphatic rings. The van der Waals surface area contributed by atoms with Crippen molar-refractivity contribution in [1.29, 1.82) is 0 Å². The van der Waals surface area contributed by atoms with Crippen LogP contribution < -0.4 is 9.47 Å². The van der Waals surface area contributed by atoms with Crippen LogP contribution in [0, 0.1) is 4.91 Å². The maximum atomic E-state index is 12.3. The zero-order chi connectivity index (χ0) is 16.1. The summed E-state index contributed by atoms with van der Waals surface area (Å²) >= 11 is 0. The van der Waals surface area contributed by atoms with E-state index in [0.29, 0.717) is 10.8 Å². The van der Waals surface area contributed by atoms with Crippen LogP contribution in [0.15, 0.2) is 23.4 Å². The Morgan fingerprint density at radius 3 is 2.68 bits per heavy atom. The van der Waals surface area contributed by atoms with Crippen LogP contribution in [-0.4, -0.2) is 28.8 Å². The molecule has 7 heteroatoms. The highest BCUT2D eigenvalue weighted by molar-refractivity contribution is 6.10. The van der Waals surface area contributed by atoms with Gasteiger partial charge in [-0.05, 0) is 22.7 Å². The number of Topliss-reactive ketones (excluding diaryl/α,β-unsaturated/α-hetero) is 1. The number of phenols is 2. The van der Waals surface area contributed by atoms with Crippen molar-refractivity contribution in [2.24, 2.45) is 5.18 Å². The summed E-state index contributed by atoms with van der Waals surface area (Å²) < 4.78 is 10.6. The van der Waals surface area contributed by atoms with E-state index >= 15 is 0 Å². The minimum absolute atomic E-state index is 0.0161. The van der Waals surface area contributed by atoms with E-state index in [9.17, 15) is 19.9 Å². The molecule has 0 aliphatic carbocycles. The normalized spacial score (nSPS) is 20.4. The van der Waals surface area contributed by atoms with E-state index in [-0.39, 0.29) is 35.0 Å². The molecule has 2 N–H and O–H groups in total. The molecule has 0 saturated heterocycles. The van der Waals surface area contributed by atoms with Crippen LogP contribution in [-0.2, 0) is 0 Å². The van der Waals surface area contributed by atoms with Crippen molar-refractivity contribution >= 4 is 16.6 Å². The fourth-order valence-corrected chi connectivity index (χ4v) is 2.67. The van der Waals surface area contributed by atoms with Crippen LogP contribution in [0.3, 0.4) is 0 Å². The first-order chi connectivity index (χ1) is 10.4. The fraction of sp³-hybridized carbons (Fsp3) is 0.267. The first-order valence-electron chi connectivity index (χ1n) is 6.52. The molecule has 2 aromatic rings. The van der Waals surface area contributed by atoms with Crippen molar-refractivity contribution in [3.05, 3.63) is 28.7 Å². The van der Waals surface area contributed by atoms with Gasteiger partial charge in [-0.2, -0.15) is 0 Å². The number of fused-ring (bicyclic) bond motifs is 2. The second-order valence-electron chi connectivity index (χ2n) is 5.31.